The fourth-order valence-electron chi connectivity index (χ4n) is 7.38. The van der Waals surface area contributed by atoms with Crippen molar-refractivity contribution in [2.75, 3.05) is 6.61 Å². The molecule has 0 saturated heterocycles. The summed E-state index contributed by atoms with van der Waals surface area (Å²) in [6, 6.07) is 0. The van der Waals surface area contributed by atoms with Gasteiger partial charge in [0.25, 0.3) is 0 Å². The molecule has 4 rings (SSSR count). The van der Waals surface area contributed by atoms with Crippen molar-refractivity contribution in [2.45, 2.75) is 57.1 Å². The Hall–Kier alpha value is -1.01. The summed E-state index contributed by atoms with van der Waals surface area (Å²) in [5.41, 5.74) is -2.14. The second-order valence-corrected chi connectivity index (χ2v) is 10.3. The first-order valence-corrected chi connectivity index (χ1v) is 10.6. The van der Waals surface area contributed by atoms with Crippen LogP contribution in [0.1, 0.15) is 40.0 Å². The van der Waals surface area contributed by atoms with Crippen molar-refractivity contribution in [3.05, 3.63) is 23.8 Å². The van der Waals surface area contributed by atoms with Crippen molar-refractivity contribution in [3.8, 4) is 0 Å². The Morgan fingerprint density at radius 2 is 2.00 bits per heavy atom. The van der Waals surface area contributed by atoms with Gasteiger partial charge in [-0.2, -0.15) is 0 Å². The maximum atomic E-state index is 12.6. The number of allylic oxidation sites excluding steroid dienone is 4. The third kappa shape index (κ3) is 2.31. The Morgan fingerprint density at radius 1 is 1.32 bits per heavy atom. The average Bonchev–Trinajstić information content (AvgIpc) is 2.83. The first kappa shape index (κ1) is 20.3. The first-order valence-electron chi connectivity index (χ1n) is 10.1. The lowest BCUT2D eigenvalue weighted by Crippen LogP contribution is -2.63. The first-order chi connectivity index (χ1) is 13.0. The van der Waals surface area contributed by atoms with Crippen molar-refractivity contribution in [3.63, 3.8) is 0 Å². The summed E-state index contributed by atoms with van der Waals surface area (Å²) in [5, 5.41) is 31.9. The lowest BCUT2D eigenvalue weighted by Gasteiger charge is -2.60. The number of Topliss-reactive ketones (excluding diaryl/α,β-unsaturated/α-hetero) is 1. The summed E-state index contributed by atoms with van der Waals surface area (Å²) in [5.74, 6) is -1.07. The number of ketones is 2. The predicted octanol–water partition coefficient (Wildman–Crippen LogP) is 2.02. The smallest absolute Gasteiger partial charge is 0.190 e. The third-order valence-corrected chi connectivity index (χ3v) is 9.04. The number of hydrogen-bond donors (Lipinski definition) is 3. The van der Waals surface area contributed by atoms with E-state index < -0.39 is 34.9 Å². The summed E-state index contributed by atoms with van der Waals surface area (Å²) >= 11 is 6.74. The standard InChI is InChI=1S/C22H29ClO5/c1-11-6-14-13-8-16(23)15-7-12(25)4-5-20(15,2)19(13)17(26)9-21(14,3)22(11,28)18(27)10-24/h4-5,7,11,13-14,16-17,19,24,26,28H,6,8-10H2,1-3H3/t11?,13-,14-,16?,17-,19+,20-,21-,22-/m0/s1. The van der Waals surface area contributed by atoms with Crippen LogP contribution in [0, 0.1) is 34.5 Å². The summed E-state index contributed by atoms with van der Waals surface area (Å²) < 4.78 is 0. The molecule has 0 aromatic heterocycles. The van der Waals surface area contributed by atoms with E-state index in [1.165, 1.54) is 0 Å². The van der Waals surface area contributed by atoms with E-state index in [-0.39, 0.29) is 41.3 Å². The highest BCUT2D eigenvalue weighted by molar-refractivity contribution is 6.23. The van der Waals surface area contributed by atoms with Gasteiger partial charge in [0.15, 0.2) is 11.6 Å². The normalized spacial score (nSPS) is 52.5. The number of halogens is 1. The van der Waals surface area contributed by atoms with Gasteiger partial charge in [0.1, 0.15) is 12.2 Å². The molecule has 0 aromatic rings. The van der Waals surface area contributed by atoms with Crippen LogP contribution in [0.5, 0.6) is 0 Å². The molecule has 3 N–H and O–H groups in total. The van der Waals surface area contributed by atoms with Crippen LogP contribution in [0.4, 0.5) is 0 Å². The van der Waals surface area contributed by atoms with Gasteiger partial charge in [-0.25, -0.2) is 0 Å². The molecule has 2 unspecified atom stereocenters. The van der Waals surface area contributed by atoms with Crippen molar-refractivity contribution < 1.29 is 24.9 Å². The van der Waals surface area contributed by atoms with Gasteiger partial charge in [-0.1, -0.05) is 26.8 Å². The van der Waals surface area contributed by atoms with Crippen LogP contribution in [0.25, 0.3) is 0 Å². The number of fused-ring (bicyclic) bond motifs is 5. The molecule has 3 saturated carbocycles. The Balaban J connectivity index is 1.81. The van der Waals surface area contributed by atoms with Crippen molar-refractivity contribution in [1.82, 2.24) is 0 Å². The maximum Gasteiger partial charge on any atom is 0.190 e. The van der Waals surface area contributed by atoms with Gasteiger partial charge < -0.3 is 15.3 Å². The van der Waals surface area contributed by atoms with E-state index in [4.69, 9.17) is 11.6 Å². The molecule has 0 aromatic carbocycles. The Labute approximate surface area is 170 Å². The zero-order chi connectivity index (χ0) is 20.6. The molecule has 4 aliphatic carbocycles. The van der Waals surface area contributed by atoms with Crippen LogP contribution < -0.4 is 0 Å². The van der Waals surface area contributed by atoms with E-state index in [1.54, 1.807) is 12.2 Å². The van der Waals surface area contributed by atoms with E-state index in [2.05, 4.69) is 0 Å². The van der Waals surface area contributed by atoms with Gasteiger partial charge in [-0.15, -0.1) is 11.6 Å². The molecule has 154 valence electrons. The van der Waals surface area contributed by atoms with E-state index in [9.17, 15) is 24.9 Å². The second-order valence-electron chi connectivity index (χ2n) is 9.79. The highest BCUT2D eigenvalue weighted by atomic mass is 35.5. The fraction of sp³-hybridized carbons (Fsp3) is 0.727. The van der Waals surface area contributed by atoms with Crippen molar-refractivity contribution in [2.24, 2.45) is 34.5 Å². The van der Waals surface area contributed by atoms with Crippen LogP contribution in [-0.4, -0.2) is 50.6 Å². The minimum atomic E-state index is -1.66. The van der Waals surface area contributed by atoms with Crippen LogP contribution in [0.2, 0.25) is 0 Å². The highest BCUT2D eigenvalue weighted by Gasteiger charge is 2.70. The van der Waals surface area contributed by atoms with Crippen LogP contribution in [0.15, 0.2) is 23.8 Å². The van der Waals surface area contributed by atoms with E-state index >= 15 is 0 Å². The molecular formula is C22H29ClO5. The van der Waals surface area contributed by atoms with Gasteiger partial charge in [0.2, 0.25) is 0 Å². The summed E-state index contributed by atoms with van der Waals surface area (Å²) in [4.78, 5) is 24.5. The quantitative estimate of drug-likeness (QED) is 0.607. The van der Waals surface area contributed by atoms with Crippen LogP contribution >= 0.6 is 11.6 Å². The minimum Gasteiger partial charge on any atom is -0.393 e. The van der Waals surface area contributed by atoms with Gasteiger partial charge in [0.05, 0.1) is 11.5 Å². The van der Waals surface area contributed by atoms with Crippen molar-refractivity contribution >= 4 is 23.2 Å². The Kier molecular flexibility index (Phi) is 4.52. The summed E-state index contributed by atoms with van der Waals surface area (Å²) in [7, 11) is 0. The maximum absolute atomic E-state index is 12.6. The number of rotatable bonds is 2. The van der Waals surface area contributed by atoms with E-state index in [0.29, 0.717) is 12.8 Å². The number of aliphatic hydroxyl groups is 3. The largest absolute Gasteiger partial charge is 0.393 e. The number of aliphatic hydroxyl groups excluding tert-OH is 2. The monoisotopic (exact) mass is 408 g/mol. The lowest BCUT2D eigenvalue weighted by molar-refractivity contribution is -0.183. The predicted molar refractivity (Wildman–Crippen MR) is 105 cm³/mol. The SMILES string of the molecule is CC1C[C@H]2[C@@H]3CC(Cl)C4=CC(=O)C=C[C@]4(C)[C@H]3[C@@H](O)C[C@]2(C)[C@@]1(O)C(=O)CO. The number of carbonyl (C=O) groups is 2. The molecule has 0 spiro atoms. The molecule has 0 heterocycles. The minimum absolute atomic E-state index is 0.00190. The molecule has 0 radical (unpaired) electrons. The molecule has 28 heavy (non-hydrogen) atoms. The molecular weight excluding hydrogens is 380 g/mol. The molecule has 0 aliphatic heterocycles. The van der Waals surface area contributed by atoms with Gasteiger partial charge in [0, 0.05) is 16.7 Å². The van der Waals surface area contributed by atoms with Gasteiger partial charge in [-0.05, 0) is 54.7 Å². The molecule has 9 atom stereocenters. The molecule has 3 fully saturated rings. The third-order valence-electron chi connectivity index (χ3n) is 8.63. The fourth-order valence-corrected chi connectivity index (χ4v) is 7.89. The highest BCUT2D eigenvalue weighted by Crippen LogP contribution is 2.68. The number of hydrogen-bond acceptors (Lipinski definition) is 5. The molecule has 4 aliphatic rings. The number of carbonyl (C=O) groups excluding carboxylic acids is 2. The summed E-state index contributed by atoms with van der Waals surface area (Å²) in [6.45, 7) is 5.06. The molecule has 6 heteroatoms. The Morgan fingerprint density at radius 3 is 2.64 bits per heavy atom. The van der Waals surface area contributed by atoms with Gasteiger partial charge in [-0.3, -0.25) is 9.59 Å². The Bertz CT molecular complexity index is 790. The average molecular weight is 409 g/mol. The zero-order valence-corrected chi connectivity index (χ0v) is 17.3. The molecule has 0 amide bonds. The molecule has 0 bridgehead atoms. The number of alkyl halides is 1. The second kappa shape index (κ2) is 6.24. The zero-order valence-electron chi connectivity index (χ0n) is 16.6. The topological polar surface area (TPSA) is 94.8 Å². The van der Waals surface area contributed by atoms with E-state index in [0.717, 1.165) is 5.57 Å². The van der Waals surface area contributed by atoms with Crippen LogP contribution in [-0.2, 0) is 9.59 Å². The van der Waals surface area contributed by atoms with Crippen molar-refractivity contribution in [1.29, 1.82) is 0 Å². The lowest BCUT2D eigenvalue weighted by atomic mass is 9.46. The molecule has 5 nitrogen and oxygen atoms in total. The van der Waals surface area contributed by atoms with Crippen LogP contribution in [0.3, 0.4) is 0 Å². The van der Waals surface area contributed by atoms with Gasteiger partial charge >= 0.3 is 0 Å². The summed E-state index contributed by atoms with van der Waals surface area (Å²) in [6.07, 6.45) is 5.83. The van der Waals surface area contributed by atoms with E-state index in [1.807, 2.05) is 26.8 Å².